The molecule has 4 rings (SSSR count). The van der Waals surface area contributed by atoms with Gasteiger partial charge in [-0.3, -0.25) is 9.59 Å². The predicted molar refractivity (Wildman–Crippen MR) is 107 cm³/mol. The quantitative estimate of drug-likeness (QED) is 0.687. The van der Waals surface area contributed by atoms with E-state index in [2.05, 4.69) is 4.98 Å². The van der Waals surface area contributed by atoms with Crippen molar-refractivity contribution in [3.8, 4) is 0 Å². The van der Waals surface area contributed by atoms with Crippen molar-refractivity contribution in [1.82, 2.24) is 19.0 Å². The van der Waals surface area contributed by atoms with Gasteiger partial charge >= 0.3 is 0 Å². The molecule has 3 heterocycles. The highest BCUT2D eigenvalue weighted by Gasteiger charge is 2.21. The summed E-state index contributed by atoms with van der Waals surface area (Å²) >= 11 is 0. The summed E-state index contributed by atoms with van der Waals surface area (Å²) in [5, 5.41) is 0. The molecule has 0 N–H and O–H groups in total. The molecule has 6 nitrogen and oxygen atoms in total. The molecule has 3 aromatic rings. The smallest absolute Gasteiger partial charge is 0.251 e. The number of hydrogen-bond donors (Lipinski definition) is 0. The lowest BCUT2D eigenvalue weighted by Gasteiger charge is -2.29. The van der Waals surface area contributed by atoms with Gasteiger partial charge in [0, 0.05) is 50.7 Å². The molecule has 0 unspecified atom stereocenters. The number of amides is 1. The van der Waals surface area contributed by atoms with Crippen molar-refractivity contribution < 1.29 is 4.79 Å². The van der Waals surface area contributed by atoms with E-state index in [1.54, 1.807) is 16.8 Å². The average Bonchev–Trinajstić information content (AvgIpc) is 3.12. The normalized spacial score (nSPS) is 13.4. The number of aryl methyl sites for hydroxylation is 2. The Bertz CT molecular complexity index is 1040. The molecule has 0 saturated heterocycles. The number of fused-ring (bicyclic) bond motifs is 1. The van der Waals surface area contributed by atoms with Gasteiger partial charge in [0.2, 0.25) is 5.91 Å². The molecule has 2 aromatic heterocycles. The number of nitrogens with zero attached hydrogens (tertiary/aromatic N) is 4. The van der Waals surface area contributed by atoms with E-state index in [9.17, 15) is 9.59 Å². The van der Waals surface area contributed by atoms with Crippen LogP contribution >= 0.6 is 0 Å². The third kappa shape index (κ3) is 3.91. The molecular formula is C22H24N4O2. The second kappa shape index (κ2) is 7.84. The van der Waals surface area contributed by atoms with Gasteiger partial charge in [0.1, 0.15) is 5.82 Å². The van der Waals surface area contributed by atoms with Crippen LogP contribution in [0.5, 0.6) is 0 Å². The van der Waals surface area contributed by atoms with E-state index in [0.717, 1.165) is 28.9 Å². The van der Waals surface area contributed by atoms with Gasteiger partial charge in [-0.1, -0.05) is 30.3 Å². The molecule has 0 atom stereocenters. The van der Waals surface area contributed by atoms with Crippen LogP contribution in [0.15, 0.2) is 59.8 Å². The highest BCUT2D eigenvalue weighted by molar-refractivity contribution is 5.76. The van der Waals surface area contributed by atoms with E-state index < -0.39 is 0 Å². The number of carbonyl (C=O) groups is 1. The molecule has 6 heteroatoms. The van der Waals surface area contributed by atoms with Gasteiger partial charge in [-0.25, -0.2) is 4.98 Å². The maximum atomic E-state index is 12.7. The van der Waals surface area contributed by atoms with Crippen LogP contribution in [0.25, 0.3) is 0 Å². The third-order valence-corrected chi connectivity index (χ3v) is 5.36. The van der Waals surface area contributed by atoms with Crippen molar-refractivity contribution in [2.45, 2.75) is 39.4 Å². The highest BCUT2D eigenvalue weighted by Crippen LogP contribution is 2.18. The molecule has 1 aromatic carbocycles. The number of benzene rings is 1. The zero-order chi connectivity index (χ0) is 19.5. The van der Waals surface area contributed by atoms with Gasteiger partial charge in [-0.15, -0.1) is 0 Å². The van der Waals surface area contributed by atoms with Crippen molar-refractivity contribution in [2.24, 2.45) is 0 Å². The maximum Gasteiger partial charge on any atom is 0.251 e. The number of imidazole rings is 1. The molecule has 0 radical (unpaired) electrons. The average molecular weight is 376 g/mol. The summed E-state index contributed by atoms with van der Waals surface area (Å²) in [7, 11) is 0. The lowest BCUT2D eigenvalue weighted by atomic mass is 10.0. The van der Waals surface area contributed by atoms with Gasteiger partial charge in [0.15, 0.2) is 0 Å². The number of rotatable bonds is 5. The second-order valence-electron chi connectivity index (χ2n) is 7.26. The third-order valence-electron chi connectivity index (χ3n) is 5.36. The Hall–Kier alpha value is -3.15. The van der Waals surface area contributed by atoms with Crippen LogP contribution < -0.4 is 5.56 Å². The SMILES string of the molecule is Cc1nccn1CCC(=O)N1CCc2cc(=O)n(Cc3ccccc3)cc2C1. The number of hydrogen-bond acceptors (Lipinski definition) is 3. The molecule has 0 fully saturated rings. The standard InChI is InChI=1S/C22H24N4O2/c1-17-23-9-12-24(17)11-8-21(27)25-10-7-19-13-22(28)26(16-20(19)15-25)14-18-5-3-2-4-6-18/h2-6,9,12-13,16H,7-8,10-11,14-15H2,1H3. The number of carbonyl (C=O) groups excluding carboxylic acids is 1. The van der Waals surface area contributed by atoms with Crippen molar-refractivity contribution >= 4 is 5.91 Å². The van der Waals surface area contributed by atoms with Crippen LogP contribution in [0.4, 0.5) is 0 Å². The molecule has 0 spiro atoms. The summed E-state index contributed by atoms with van der Waals surface area (Å²) in [6.07, 6.45) is 6.76. The lowest BCUT2D eigenvalue weighted by molar-refractivity contribution is -0.132. The van der Waals surface area contributed by atoms with E-state index in [1.165, 1.54) is 0 Å². The minimum atomic E-state index is 0.0120. The van der Waals surface area contributed by atoms with Gasteiger partial charge in [0.25, 0.3) is 5.56 Å². The molecule has 1 aliphatic heterocycles. The molecule has 0 saturated carbocycles. The van der Waals surface area contributed by atoms with E-state index >= 15 is 0 Å². The number of aromatic nitrogens is 3. The summed E-state index contributed by atoms with van der Waals surface area (Å²) < 4.78 is 3.73. The molecular weight excluding hydrogens is 352 g/mol. The molecule has 0 aliphatic carbocycles. The van der Waals surface area contributed by atoms with Crippen LogP contribution in [0.3, 0.4) is 0 Å². The van der Waals surface area contributed by atoms with Crippen LogP contribution in [0.2, 0.25) is 0 Å². The second-order valence-corrected chi connectivity index (χ2v) is 7.26. The van der Waals surface area contributed by atoms with Crippen LogP contribution in [0, 0.1) is 6.92 Å². The highest BCUT2D eigenvalue weighted by atomic mass is 16.2. The summed E-state index contributed by atoms with van der Waals surface area (Å²) in [5.74, 6) is 1.06. The Kier molecular flexibility index (Phi) is 5.10. The van der Waals surface area contributed by atoms with Crippen molar-refractivity contribution in [3.05, 3.63) is 87.9 Å². The van der Waals surface area contributed by atoms with Gasteiger partial charge in [-0.05, 0) is 30.0 Å². The predicted octanol–water partition coefficient (Wildman–Crippen LogP) is 2.38. The zero-order valence-electron chi connectivity index (χ0n) is 16.0. The Balaban J connectivity index is 1.46. The first-order valence-electron chi connectivity index (χ1n) is 9.62. The fourth-order valence-electron chi connectivity index (χ4n) is 3.71. The van der Waals surface area contributed by atoms with Crippen molar-refractivity contribution in [3.63, 3.8) is 0 Å². The van der Waals surface area contributed by atoms with Crippen LogP contribution in [-0.2, 0) is 30.8 Å². The molecule has 0 bridgehead atoms. The molecule has 1 aliphatic rings. The fraction of sp³-hybridized carbons (Fsp3) is 0.318. The van der Waals surface area contributed by atoms with E-state index in [-0.39, 0.29) is 11.5 Å². The van der Waals surface area contributed by atoms with Crippen molar-refractivity contribution in [1.29, 1.82) is 0 Å². The Labute approximate surface area is 164 Å². The summed E-state index contributed by atoms with van der Waals surface area (Å²) in [4.78, 5) is 31.2. The summed E-state index contributed by atoms with van der Waals surface area (Å²) in [6.45, 7) is 4.35. The first-order valence-corrected chi connectivity index (χ1v) is 9.62. The lowest BCUT2D eigenvalue weighted by Crippen LogP contribution is -2.37. The van der Waals surface area contributed by atoms with Gasteiger partial charge in [0.05, 0.1) is 6.54 Å². The number of pyridine rings is 1. The summed E-state index contributed by atoms with van der Waals surface area (Å²) in [6, 6.07) is 11.7. The van der Waals surface area contributed by atoms with E-state index in [0.29, 0.717) is 32.6 Å². The largest absolute Gasteiger partial charge is 0.338 e. The first-order chi connectivity index (χ1) is 13.6. The van der Waals surface area contributed by atoms with E-state index in [4.69, 9.17) is 0 Å². The fourth-order valence-corrected chi connectivity index (χ4v) is 3.71. The first kappa shape index (κ1) is 18.2. The van der Waals surface area contributed by atoms with Gasteiger partial charge < -0.3 is 14.0 Å². The zero-order valence-corrected chi connectivity index (χ0v) is 16.0. The summed E-state index contributed by atoms with van der Waals surface area (Å²) in [5.41, 5.74) is 3.22. The Morgan fingerprint density at radius 1 is 1.14 bits per heavy atom. The van der Waals surface area contributed by atoms with Crippen molar-refractivity contribution in [2.75, 3.05) is 6.54 Å². The van der Waals surface area contributed by atoms with Crippen LogP contribution in [0.1, 0.15) is 28.9 Å². The monoisotopic (exact) mass is 376 g/mol. The Morgan fingerprint density at radius 2 is 1.96 bits per heavy atom. The molecule has 1 amide bonds. The minimum absolute atomic E-state index is 0.0120. The van der Waals surface area contributed by atoms with E-state index in [1.807, 2.05) is 59.1 Å². The molecule has 28 heavy (non-hydrogen) atoms. The molecule has 144 valence electrons. The topological polar surface area (TPSA) is 60.1 Å². The maximum absolute atomic E-state index is 12.7. The van der Waals surface area contributed by atoms with Gasteiger partial charge in [-0.2, -0.15) is 0 Å². The minimum Gasteiger partial charge on any atom is -0.338 e. The Morgan fingerprint density at radius 3 is 2.71 bits per heavy atom. The van der Waals surface area contributed by atoms with Crippen LogP contribution in [-0.4, -0.2) is 31.5 Å².